The van der Waals surface area contributed by atoms with E-state index in [1.54, 1.807) is 35.9 Å². The first kappa shape index (κ1) is 22.8. The predicted octanol–water partition coefficient (Wildman–Crippen LogP) is 2.83. The van der Waals surface area contributed by atoms with Gasteiger partial charge in [-0.15, -0.1) is 0 Å². The highest BCUT2D eigenvalue weighted by Gasteiger charge is 2.35. The average molecular weight is 460 g/mol. The topological polar surface area (TPSA) is 86.6 Å². The zero-order valence-electron chi connectivity index (χ0n) is 16.5. The van der Waals surface area contributed by atoms with E-state index in [2.05, 4.69) is 10.3 Å². The number of nitrogens with one attached hydrogen (secondary N) is 2. The Morgan fingerprint density at radius 2 is 2.10 bits per heavy atom. The largest absolute Gasteiger partial charge is 0.384 e. The summed E-state index contributed by atoms with van der Waals surface area (Å²) in [7, 11) is -1.93. The molecule has 30 heavy (non-hydrogen) atoms. The van der Waals surface area contributed by atoms with Crippen LogP contribution >= 0.6 is 11.3 Å². The molecule has 164 valence electrons. The number of amides is 1. The Morgan fingerprint density at radius 3 is 2.67 bits per heavy atom. The first-order chi connectivity index (χ1) is 14.3. The van der Waals surface area contributed by atoms with Crippen LogP contribution in [0, 0.1) is 5.92 Å². The van der Waals surface area contributed by atoms with Gasteiger partial charge in [0.2, 0.25) is 0 Å². The first-order valence-corrected chi connectivity index (χ1v) is 12.3. The maximum absolute atomic E-state index is 13.6. The summed E-state index contributed by atoms with van der Waals surface area (Å²) in [5.41, 5.74) is 0.826. The molecule has 0 bridgehead atoms. The highest BCUT2D eigenvalue weighted by atomic mass is 32.2. The summed E-state index contributed by atoms with van der Waals surface area (Å²) in [4.78, 5) is 15.8. The Morgan fingerprint density at radius 1 is 1.37 bits per heavy atom. The van der Waals surface area contributed by atoms with Gasteiger partial charge in [-0.05, 0) is 30.8 Å². The van der Waals surface area contributed by atoms with Crippen molar-refractivity contribution in [2.75, 3.05) is 24.8 Å². The Balaban J connectivity index is 1.80. The van der Waals surface area contributed by atoms with Crippen LogP contribution < -0.4 is 10.3 Å². The summed E-state index contributed by atoms with van der Waals surface area (Å²) in [6, 6.07) is 0. The van der Waals surface area contributed by atoms with Gasteiger partial charge < -0.3 is 4.74 Å². The zero-order valence-corrected chi connectivity index (χ0v) is 18.1. The molecular formula is C20H25F2N2O4S2+. The molecule has 2 N–H and O–H groups in total. The Bertz CT molecular complexity index is 932. The number of carbonyl (C=O) groups excluding carboxylic acids is 1. The number of rotatable bonds is 8. The molecule has 1 aromatic heterocycles. The van der Waals surface area contributed by atoms with Crippen LogP contribution in [0.4, 0.5) is 13.9 Å². The molecule has 1 heterocycles. The van der Waals surface area contributed by atoms with E-state index in [4.69, 9.17) is 4.74 Å². The van der Waals surface area contributed by atoms with Gasteiger partial charge in [-0.3, -0.25) is 0 Å². The minimum Gasteiger partial charge on any atom is -0.384 e. The second-order valence-corrected chi connectivity index (χ2v) is 10.6. The van der Waals surface area contributed by atoms with Gasteiger partial charge in [0, 0.05) is 12.5 Å². The molecule has 4 atom stereocenters. The molecule has 2 aliphatic carbocycles. The van der Waals surface area contributed by atoms with Gasteiger partial charge in [0.15, 0.2) is 9.84 Å². The summed E-state index contributed by atoms with van der Waals surface area (Å²) in [6.07, 6.45) is 5.31. The van der Waals surface area contributed by atoms with Gasteiger partial charge in [-0.2, -0.15) is 5.32 Å². The lowest BCUT2D eigenvalue weighted by Crippen LogP contribution is -2.26. The number of ether oxygens (including phenoxy) is 1. The van der Waals surface area contributed by atoms with Crippen molar-refractivity contribution in [1.29, 1.82) is 0 Å². The van der Waals surface area contributed by atoms with Crippen molar-refractivity contribution in [3.05, 3.63) is 47.0 Å². The van der Waals surface area contributed by atoms with E-state index in [1.165, 1.54) is 18.4 Å². The molecule has 0 radical (unpaired) electrons. The van der Waals surface area contributed by atoms with Crippen LogP contribution in [0.25, 0.3) is 0 Å². The number of alkyl halides is 2. The molecule has 6 nitrogen and oxygen atoms in total. The minimum atomic E-state index is -3.37. The molecule has 0 saturated heterocycles. The summed E-state index contributed by atoms with van der Waals surface area (Å²) in [5.74, 6) is -0.903. The van der Waals surface area contributed by atoms with Gasteiger partial charge in [-0.25, -0.2) is 27.0 Å². The maximum atomic E-state index is 13.6. The van der Waals surface area contributed by atoms with Crippen LogP contribution in [0.5, 0.6) is 0 Å². The highest BCUT2D eigenvalue weighted by Crippen LogP contribution is 2.34. The van der Waals surface area contributed by atoms with Gasteiger partial charge in [0.05, 0.1) is 29.4 Å². The molecule has 1 aromatic rings. The number of halogens is 2. The number of thiazole rings is 1. The first-order valence-electron chi connectivity index (χ1n) is 9.66. The fourth-order valence-corrected chi connectivity index (χ4v) is 5.51. The van der Waals surface area contributed by atoms with Crippen LogP contribution in [0.15, 0.2) is 47.0 Å². The maximum Gasteiger partial charge on any atom is 0.339 e. The molecule has 2 aliphatic rings. The number of hydrogen-bond acceptors (Lipinski definition) is 5. The molecule has 3 rings (SSSR count). The number of hydrogen-bond donors (Lipinski definition) is 1. The molecule has 0 aliphatic heterocycles. The van der Waals surface area contributed by atoms with Crippen molar-refractivity contribution in [2.24, 2.45) is 5.92 Å². The van der Waals surface area contributed by atoms with Crippen molar-refractivity contribution in [3.63, 3.8) is 0 Å². The van der Waals surface area contributed by atoms with Crippen molar-refractivity contribution < 1.29 is 31.7 Å². The van der Waals surface area contributed by atoms with Crippen molar-refractivity contribution in [3.8, 4) is 0 Å². The van der Waals surface area contributed by atoms with Crippen LogP contribution in [-0.2, 0) is 19.4 Å². The van der Waals surface area contributed by atoms with E-state index >= 15 is 0 Å². The van der Waals surface area contributed by atoms with Crippen molar-refractivity contribution >= 4 is 32.2 Å². The lowest BCUT2D eigenvalue weighted by molar-refractivity contribution is -0.354. The number of allylic oxidation sites excluding steroid dienone is 3. The molecule has 1 amide bonds. The molecular weight excluding hydrogens is 434 g/mol. The molecule has 1 saturated carbocycles. The standard InChI is InChI=1S/C20H24F2N2O4S2/c1-28-7-9-30(26,27)15-4-2-14(3-5-15)16(10-13-11-17(21)18(22)12-13)19(25)24-20-23-6-8-29-20/h2-4,6,8,10,13,15,17-18H,5,7,9,11-12H2,1H3,(H,23,24,25)/p+1/b16-10+/t13?,15?,17-,18+. The number of H-pyrrole nitrogens is 1. The van der Waals surface area contributed by atoms with Gasteiger partial charge >= 0.3 is 11.0 Å². The lowest BCUT2D eigenvalue weighted by atomic mass is 9.94. The molecule has 0 spiro atoms. The quantitative estimate of drug-likeness (QED) is 0.606. The minimum absolute atomic E-state index is 0.0219. The summed E-state index contributed by atoms with van der Waals surface area (Å²) in [6.45, 7) is 0.116. The number of sulfone groups is 1. The summed E-state index contributed by atoms with van der Waals surface area (Å²) in [5, 5.41) is 4.35. The van der Waals surface area contributed by atoms with E-state index in [9.17, 15) is 22.0 Å². The zero-order chi connectivity index (χ0) is 21.7. The Labute approximate surface area is 178 Å². The van der Waals surface area contributed by atoms with Gasteiger partial charge in [0.25, 0.3) is 0 Å². The number of methoxy groups -OCH3 is 1. The third kappa shape index (κ3) is 5.61. The Kier molecular flexibility index (Phi) is 7.54. The van der Waals surface area contributed by atoms with E-state index in [-0.39, 0.29) is 37.2 Å². The summed E-state index contributed by atoms with van der Waals surface area (Å²) >= 11 is 1.31. The molecule has 1 fully saturated rings. The highest BCUT2D eigenvalue weighted by molar-refractivity contribution is 7.92. The van der Waals surface area contributed by atoms with Crippen LogP contribution in [0.3, 0.4) is 0 Å². The van der Waals surface area contributed by atoms with Crippen LogP contribution in [0.2, 0.25) is 0 Å². The van der Waals surface area contributed by atoms with E-state index < -0.39 is 39.3 Å². The van der Waals surface area contributed by atoms with Gasteiger partial charge in [0.1, 0.15) is 12.3 Å². The third-order valence-corrected chi connectivity index (χ3v) is 7.93. The second kappa shape index (κ2) is 9.93. The van der Waals surface area contributed by atoms with E-state index in [0.29, 0.717) is 10.7 Å². The fraction of sp³-hybridized carbons (Fsp3) is 0.500. The average Bonchev–Trinajstić information content (AvgIpc) is 3.34. The molecule has 10 heteroatoms. The number of carbonyl (C=O) groups is 1. The number of anilines is 1. The second-order valence-electron chi connectivity index (χ2n) is 7.34. The Hall–Kier alpha value is -1.91. The van der Waals surface area contributed by atoms with Gasteiger partial charge in [-0.1, -0.05) is 35.6 Å². The van der Waals surface area contributed by atoms with Crippen LogP contribution in [0.1, 0.15) is 19.3 Å². The monoisotopic (exact) mass is 459 g/mol. The van der Waals surface area contributed by atoms with E-state index in [0.717, 1.165) is 0 Å². The third-order valence-electron chi connectivity index (χ3n) is 5.20. The summed E-state index contributed by atoms with van der Waals surface area (Å²) < 4.78 is 56.9. The SMILES string of the molecule is COCCS(=O)(=O)C1C=CC(/C(=C\C2C[C@@H](F)[C@@H](F)C2)C(=O)Nc2[nH+]ccs2)=CC1. The van der Waals surface area contributed by atoms with Crippen molar-refractivity contribution in [1.82, 2.24) is 0 Å². The molecule has 2 unspecified atom stereocenters. The molecule has 0 aromatic carbocycles. The van der Waals surface area contributed by atoms with Crippen molar-refractivity contribution in [2.45, 2.75) is 36.9 Å². The number of aromatic amines is 1. The van der Waals surface area contributed by atoms with E-state index in [1.807, 2.05) is 0 Å². The lowest BCUT2D eigenvalue weighted by Gasteiger charge is -2.18. The normalized spacial score (nSPS) is 27.2. The number of aromatic nitrogens is 1. The smallest absolute Gasteiger partial charge is 0.339 e. The fourth-order valence-electron chi connectivity index (χ4n) is 3.54. The van der Waals surface area contributed by atoms with Crippen LogP contribution in [-0.4, -0.2) is 51.4 Å². The predicted molar refractivity (Wildman–Crippen MR) is 111 cm³/mol.